The van der Waals surface area contributed by atoms with Gasteiger partial charge in [-0.05, 0) is 54.2 Å². The van der Waals surface area contributed by atoms with Crippen LogP contribution in [-0.4, -0.2) is 12.6 Å². The molecule has 0 spiro atoms. The van der Waals surface area contributed by atoms with Gasteiger partial charge in [-0.15, -0.1) is 6.58 Å². The molecular formula is C32H33NSi. The van der Waals surface area contributed by atoms with Crippen molar-refractivity contribution in [2.75, 3.05) is 0 Å². The number of allylic oxidation sites excluding steroid dienone is 2. The SMILES string of the molecule is C=CCCC1C=C([Si](C)(C)C2c3ccccc3-c3c2c2cc(C)ccc2n3C)c2ccccc21. The molecule has 0 amide bonds. The van der Waals surface area contributed by atoms with Gasteiger partial charge in [0.2, 0.25) is 0 Å². The first-order valence-corrected chi connectivity index (χ1v) is 15.6. The lowest BCUT2D eigenvalue weighted by molar-refractivity contribution is 0.761. The average molecular weight is 460 g/mol. The summed E-state index contributed by atoms with van der Waals surface area (Å²) in [6, 6.07) is 25.3. The van der Waals surface area contributed by atoms with E-state index in [2.05, 4.69) is 117 Å². The Morgan fingerprint density at radius 3 is 2.41 bits per heavy atom. The smallest absolute Gasteiger partial charge is 0.0932 e. The van der Waals surface area contributed by atoms with Gasteiger partial charge in [0, 0.05) is 35.0 Å². The minimum absolute atomic E-state index is 0.446. The predicted octanol–water partition coefficient (Wildman–Crippen LogP) is 8.53. The Morgan fingerprint density at radius 2 is 1.65 bits per heavy atom. The van der Waals surface area contributed by atoms with Crippen LogP contribution >= 0.6 is 0 Å². The summed E-state index contributed by atoms with van der Waals surface area (Å²) in [6.45, 7) is 11.4. The van der Waals surface area contributed by atoms with Crippen LogP contribution in [0.2, 0.25) is 13.1 Å². The summed E-state index contributed by atoms with van der Waals surface area (Å²) in [6.07, 6.45) is 6.91. The highest BCUT2D eigenvalue weighted by Gasteiger charge is 2.47. The molecule has 6 rings (SSSR count). The van der Waals surface area contributed by atoms with E-state index in [4.69, 9.17) is 0 Å². The molecule has 0 bridgehead atoms. The van der Waals surface area contributed by atoms with Gasteiger partial charge in [0.15, 0.2) is 0 Å². The van der Waals surface area contributed by atoms with Crippen LogP contribution in [0, 0.1) is 6.92 Å². The molecular weight excluding hydrogens is 426 g/mol. The maximum absolute atomic E-state index is 3.98. The number of rotatable bonds is 5. The molecule has 2 aliphatic rings. The summed E-state index contributed by atoms with van der Waals surface area (Å²) in [4.78, 5) is 0. The molecule has 0 saturated heterocycles. The minimum Gasteiger partial charge on any atom is -0.343 e. The van der Waals surface area contributed by atoms with Crippen molar-refractivity contribution in [2.45, 2.75) is 44.3 Å². The van der Waals surface area contributed by atoms with Crippen LogP contribution in [0.1, 0.15) is 52.1 Å². The van der Waals surface area contributed by atoms with E-state index in [-0.39, 0.29) is 0 Å². The van der Waals surface area contributed by atoms with Gasteiger partial charge in [-0.3, -0.25) is 0 Å². The molecule has 1 aromatic heterocycles. The first-order valence-electron chi connectivity index (χ1n) is 12.5. The Bertz CT molecular complexity index is 1480. The molecule has 1 nitrogen and oxygen atoms in total. The van der Waals surface area contributed by atoms with E-state index in [0.717, 1.165) is 12.8 Å². The molecule has 2 unspecified atom stereocenters. The van der Waals surface area contributed by atoms with Crippen molar-refractivity contribution in [3.63, 3.8) is 0 Å². The van der Waals surface area contributed by atoms with Gasteiger partial charge in [-0.1, -0.05) is 90.6 Å². The average Bonchev–Trinajstić information content (AvgIpc) is 3.47. The van der Waals surface area contributed by atoms with Gasteiger partial charge in [0.25, 0.3) is 0 Å². The number of benzene rings is 3. The van der Waals surface area contributed by atoms with E-state index in [1.807, 2.05) is 0 Å². The Labute approximate surface area is 204 Å². The molecule has 0 radical (unpaired) electrons. The van der Waals surface area contributed by atoms with E-state index < -0.39 is 8.07 Å². The van der Waals surface area contributed by atoms with Crippen LogP contribution in [-0.2, 0) is 7.05 Å². The largest absolute Gasteiger partial charge is 0.343 e. The Kier molecular flexibility index (Phi) is 4.86. The van der Waals surface area contributed by atoms with Crippen molar-refractivity contribution in [1.29, 1.82) is 0 Å². The van der Waals surface area contributed by atoms with Crippen molar-refractivity contribution in [2.24, 2.45) is 7.05 Å². The fourth-order valence-corrected chi connectivity index (χ4v) is 10.7. The highest BCUT2D eigenvalue weighted by molar-refractivity contribution is 6.96. The number of hydrogen-bond donors (Lipinski definition) is 0. The van der Waals surface area contributed by atoms with Gasteiger partial charge in [-0.25, -0.2) is 0 Å². The summed E-state index contributed by atoms with van der Waals surface area (Å²) < 4.78 is 2.44. The maximum atomic E-state index is 3.98. The lowest BCUT2D eigenvalue weighted by atomic mass is 9.96. The Balaban J connectivity index is 1.60. The molecule has 0 saturated carbocycles. The fourth-order valence-electron chi connectivity index (χ4n) is 6.77. The maximum Gasteiger partial charge on any atom is 0.0932 e. The molecule has 34 heavy (non-hydrogen) atoms. The molecule has 1 heterocycles. The number of hydrogen-bond acceptors (Lipinski definition) is 0. The standard InChI is InChI=1S/C32H33NSi/c1-6-7-12-22-20-29(24-14-9-8-13-23(22)24)34(4,5)32-26-16-11-10-15-25(26)31-30(32)27-19-21(2)17-18-28(27)33(31)3/h6,8-11,13-20,22,32H,1,7,12H2,2-5H3. The molecule has 0 N–H and O–H groups in total. The van der Waals surface area contributed by atoms with Crippen LogP contribution < -0.4 is 0 Å². The second-order valence-electron chi connectivity index (χ2n) is 10.7. The van der Waals surface area contributed by atoms with Crippen LogP contribution in [0.5, 0.6) is 0 Å². The fraction of sp³-hybridized carbons (Fsp3) is 0.250. The minimum atomic E-state index is -1.97. The van der Waals surface area contributed by atoms with Gasteiger partial charge in [0.1, 0.15) is 0 Å². The van der Waals surface area contributed by atoms with E-state index in [1.165, 1.54) is 44.4 Å². The molecule has 0 aliphatic heterocycles. The summed E-state index contributed by atoms with van der Waals surface area (Å²) >= 11 is 0. The van der Waals surface area contributed by atoms with Crippen molar-refractivity contribution in [1.82, 2.24) is 4.57 Å². The summed E-state index contributed by atoms with van der Waals surface area (Å²) in [5, 5.41) is 3.07. The third kappa shape index (κ3) is 2.91. The number of nitrogens with zero attached hydrogens (tertiary/aromatic N) is 1. The quantitative estimate of drug-likeness (QED) is 0.208. The third-order valence-corrected chi connectivity index (χ3v) is 12.2. The zero-order valence-corrected chi connectivity index (χ0v) is 21.7. The molecule has 4 aromatic rings. The highest BCUT2D eigenvalue weighted by atomic mass is 28.3. The number of aromatic nitrogens is 1. The topological polar surface area (TPSA) is 4.93 Å². The van der Waals surface area contributed by atoms with Gasteiger partial charge >= 0.3 is 0 Å². The van der Waals surface area contributed by atoms with Crippen LogP contribution in [0.4, 0.5) is 0 Å². The van der Waals surface area contributed by atoms with Crippen LogP contribution in [0.15, 0.2) is 85.5 Å². The third-order valence-electron chi connectivity index (χ3n) is 8.33. The van der Waals surface area contributed by atoms with E-state index in [0.29, 0.717) is 11.5 Å². The Hall–Kier alpha value is -3.10. The normalized spacial score (nSPS) is 18.5. The summed E-state index contributed by atoms with van der Waals surface area (Å²) in [5.41, 5.74) is 12.1. The first kappa shape index (κ1) is 21.4. The zero-order valence-electron chi connectivity index (χ0n) is 20.7. The Morgan fingerprint density at radius 1 is 0.941 bits per heavy atom. The van der Waals surface area contributed by atoms with Gasteiger partial charge < -0.3 is 4.57 Å². The first-order chi connectivity index (χ1) is 16.4. The number of fused-ring (bicyclic) bond motifs is 6. The molecule has 2 aliphatic carbocycles. The zero-order chi connectivity index (χ0) is 23.6. The highest BCUT2D eigenvalue weighted by Crippen LogP contribution is 2.56. The van der Waals surface area contributed by atoms with Crippen LogP contribution in [0.3, 0.4) is 0 Å². The van der Waals surface area contributed by atoms with Crippen molar-refractivity contribution < 1.29 is 0 Å². The molecule has 2 heteroatoms. The van der Waals surface area contributed by atoms with Gasteiger partial charge in [-0.2, -0.15) is 0 Å². The predicted molar refractivity (Wildman–Crippen MR) is 149 cm³/mol. The van der Waals surface area contributed by atoms with Crippen LogP contribution in [0.25, 0.3) is 27.4 Å². The molecule has 2 atom stereocenters. The van der Waals surface area contributed by atoms with Crippen molar-refractivity contribution in [3.05, 3.63) is 113 Å². The molecule has 0 fully saturated rings. The van der Waals surface area contributed by atoms with E-state index >= 15 is 0 Å². The van der Waals surface area contributed by atoms with Crippen molar-refractivity contribution >= 4 is 24.2 Å². The van der Waals surface area contributed by atoms with E-state index in [9.17, 15) is 0 Å². The van der Waals surface area contributed by atoms with E-state index in [1.54, 1.807) is 10.8 Å². The lowest BCUT2D eigenvalue weighted by Crippen LogP contribution is -2.36. The second kappa shape index (κ2) is 7.71. The van der Waals surface area contributed by atoms with Gasteiger partial charge in [0.05, 0.1) is 13.8 Å². The second-order valence-corrected chi connectivity index (χ2v) is 15.3. The summed E-state index contributed by atoms with van der Waals surface area (Å²) in [5.74, 6) is 0.502. The summed E-state index contributed by atoms with van der Waals surface area (Å²) in [7, 11) is 0.278. The lowest BCUT2D eigenvalue weighted by Gasteiger charge is -2.33. The van der Waals surface area contributed by atoms with Crippen molar-refractivity contribution in [3.8, 4) is 11.3 Å². The number of aryl methyl sites for hydroxylation is 2. The molecule has 170 valence electrons. The molecule has 3 aromatic carbocycles. The monoisotopic (exact) mass is 459 g/mol.